The van der Waals surface area contributed by atoms with Crippen LogP contribution in [0.5, 0.6) is 0 Å². The second-order valence-corrected chi connectivity index (χ2v) is 5.08. The fraction of sp³-hybridized carbons (Fsp3) is 0.500. The first-order valence-corrected chi connectivity index (χ1v) is 6.94. The Morgan fingerprint density at radius 1 is 1.43 bits per heavy atom. The van der Waals surface area contributed by atoms with E-state index in [9.17, 15) is 27.5 Å². The van der Waals surface area contributed by atoms with E-state index in [4.69, 9.17) is 4.74 Å². The predicted octanol–water partition coefficient (Wildman–Crippen LogP) is 2.46. The molecule has 0 aromatic heterocycles. The van der Waals surface area contributed by atoms with Crippen molar-refractivity contribution in [3.63, 3.8) is 0 Å². The van der Waals surface area contributed by atoms with Crippen LogP contribution in [0, 0.1) is 5.82 Å². The Bertz CT molecular complexity index is 580. The minimum Gasteiger partial charge on any atom is -0.388 e. The highest BCUT2D eigenvalue weighted by Crippen LogP contribution is 2.32. The van der Waals surface area contributed by atoms with Gasteiger partial charge in [0, 0.05) is 12.2 Å². The number of anilines is 1. The fourth-order valence-electron chi connectivity index (χ4n) is 2.38. The van der Waals surface area contributed by atoms with Crippen LogP contribution in [0.25, 0.3) is 0 Å². The molecule has 9 heteroatoms. The van der Waals surface area contributed by atoms with Crippen LogP contribution >= 0.6 is 0 Å². The zero-order valence-electron chi connectivity index (χ0n) is 12.2. The minimum absolute atomic E-state index is 0.101. The maximum atomic E-state index is 13.5. The molecule has 1 fully saturated rings. The number of aliphatic hydroxyl groups excluding tert-OH is 1. The number of aliphatic hydroxyl groups is 1. The van der Waals surface area contributed by atoms with Crippen LogP contribution in [0.15, 0.2) is 18.2 Å². The third kappa shape index (κ3) is 3.91. The summed E-state index contributed by atoms with van der Waals surface area (Å²) in [6.07, 6.45) is -5.64. The summed E-state index contributed by atoms with van der Waals surface area (Å²) in [6, 6.07) is 0.935. The molecule has 1 aliphatic rings. The standard InChI is InChI=1S/C14H16F4N2O3/c1-2-20(11-6-23-7-12(11)21)13(22)19-8-3-4-9(10(15)5-8)14(16,17)18/h3-5,11-12,21H,2,6-7H2,1H3,(H,19,22)/t11-,12-/m1/s1. The van der Waals surface area contributed by atoms with E-state index in [1.807, 2.05) is 0 Å². The predicted molar refractivity (Wildman–Crippen MR) is 73.4 cm³/mol. The van der Waals surface area contributed by atoms with Crippen molar-refractivity contribution >= 4 is 11.7 Å². The molecule has 1 aliphatic heterocycles. The molecule has 1 saturated heterocycles. The molecular formula is C14H16F4N2O3. The van der Waals surface area contributed by atoms with Gasteiger partial charge >= 0.3 is 12.2 Å². The van der Waals surface area contributed by atoms with E-state index in [1.54, 1.807) is 6.92 Å². The minimum atomic E-state index is -4.80. The number of likely N-dealkylation sites (N-methyl/N-ethyl adjacent to an activating group) is 1. The van der Waals surface area contributed by atoms with E-state index >= 15 is 0 Å². The number of hydrogen-bond donors (Lipinski definition) is 2. The van der Waals surface area contributed by atoms with Gasteiger partial charge in [-0.3, -0.25) is 0 Å². The molecule has 0 saturated carbocycles. The smallest absolute Gasteiger partial charge is 0.388 e. The summed E-state index contributed by atoms with van der Waals surface area (Å²) in [5, 5.41) is 12.1. The topological polar surface area (TPSA) is 61.8 Å². The van der Waals surface area contributed by atoms with Crippen LogP contribution in [-0.4, -0.2) is 47.9 Å². The van der Waals surface area contributed by atoms with Crippen molar-refractivity contribution in [3.8, 4) is 0 Å². The van der Waals surface area contributed by atoms with Crippen molar-refractivity contribution in [1.82, 2.24) is 4.90 Å². The second kappa shape index (κ2) is 6.71. The van der Waals surface area contributed by atoms with Crippen LogP contribution in [0.2, 0.25) is 0 Å². The maximum absolute atomic E-state index is 13.5. The molecule has 1 heterocycles. The summed E-state index contributed by atoms with van der Waals surface area (Å²) in [5.74, 6) is -1.47. The number of rotatable bonds is 3. The van der Waals surface area contributed by atoms with Crippen LogP contribution in [0.1, 0.15) is 12.5 Å². The number of carbonyl (C=O) groups excluding carboxylic acids is 1. The second-order valence-electron chi connectivity index (χ2n) is 5.08. The fourth-order valence-corrected chi connectivity index (χ4v) is 2.38. The lowest BCUT2D eigenvalue weighted by Gasteiger charge is -2.28. The van der Waals surface area contributed by atoms with Crippen molar-refractivity contribution in [2.75, 3.05) is 25.1 Å². The number of benzene rings is 1. The lowest BCUT2D eigenvalue weighted by molar-refractivity contribution is -0.139. The van der Waals surface area contributed by atoms with E-state index in [0.717, 1.165) is 6.07 Å². The SMILES string of the molecule is CCN(C(=O)Nc1ccc(C(F)(F)F)c(F)c1)[C@@H]1COC[C@H]1O. The summed E-state index contributed by atoms with van der Waals surface area (Å²) in [7, 11) is 0. The number of nitrogens with zero attached hydrogens (tertiary/aromatic N) is 1. The quantitative estimate of drug-likeness (QED) is 0.834. The number of urea groups is 1. The first kappa shape index (κ1) is 17.5. The third-order valence-corrected chi connectivity index (χ3v) is 3.55. The molecule has 5 nitrogen and oxygen atoms in total. The number of hydrogen-bond acceptors (Lipinski definition) is 3. The zero-order valence-corrected chi connectivity index (χ0v) is 12.2. The van der Waals surface area contributed by atoms with Crippen LogP contribution < -0.4 is 5.32 Å². The van der Waals surface area contributed by atoms with Gasteiger partial charge in [-0.25, -0.2) is 9.18 Å². The number of nitrogens with one attached hydrogen (secondary N) is 1. The lowest BCUT2D eigenvalue weighted by atomic mass is 10.1. The van der Waals surface area contributed by atoms with Crippen LogP contribution in [-0.2, 0) is 10.9 Å². The van der Waals surface area contributed by atoms with Gasteiger partial charge < -0.3 is 20.1 Å². The molecule has 0 bridgehead atoms. The summed E-state index contributed by atoms with van der Waals surface area (Å²) in [6.45, 7) is 2.19. The molecule has 0 aliphatic carbocycles. The highest BCUT2D eigenvalue weighted by molar-refractivity contribution is 5.89. The number of halogens is 4. The Balaban J connectivity index is 2.11. The molecule has 0 spiro atoms. The summed E-state index contributed by atoms with van der Waals surface area (Å²) >= 11 is 0. The van der Waals surface area contributed by atoms with Gasteiger partial charge in [0.2, 0.25) is 0 Å². The first-order valence-electron chi connectivity index (χ1n) is 6.94. The normalized spacial score (nSPS) is 21.3. The number of amides is 2. The molecule has 2 atom stereocenters. The summed E-state index contributed by atoms with van der Waals surface area (Å²) in [5.41, 5.74) is -1.50. The van der Waals surface area contributed by atoms with Gasteiger partial charge in [0.05, 0.1) is 30.9 Å². The Kier molecular flexibility index (Phi) is 5.10. The molecule has 23 heavy (non-hydrogen) atoms. The van der Waals surface area contributed by atoms with Gasteiger partial charge in [-0.2, -0.15) is 13.2 Å². The summed E-state index contributed by atoms with van der Waals surface area (Å²) < 4.78 is 56.1. The van der Waals surface area contributed by atoms with Crippen LogP contribution in [0.4, 0.5) is 28.0 Å². The summed E-state index contributed by atoms with van der Waals surface area (Å²) in [4.78, 5) is 13.5. The zero-order chi connectivity index (χ0) is 17.2. The molecule has 2 amide bonds. The van der Waals surface area contributed by atoms with E-state index in [2.05, 4.69) is 5.32 Å². The van der Waals surface area contributed by atoms with E-state index in [0.29, 0.717) is 12.1 Å². The highest BCUT2D eigenvalue weighted by atomic mass is 19.4. The highest BCUT2D eigenvalue weighted by Gasteiger charge is 2.35. The third-order valence-electron chi connectivity index (χ3n) is 3.55. The van der Waals surface area contributed by atoms with Gasteiger partial charge in [-0.05, 0) is 25.1 Å². The average molecular weight is 336 g/mol. The van der Waals surface area contributed by atoms with Crippen molar-refractivity contribution < 1.29 is 32.2 Å². The largest absolute Gasteiger partial charge is 0.419 e. The van der Waals surface area contributed by atoms with Crippen molar-refractivity contribution in [2.24, 2.45) is 0 Å². The average Bonchev–Trinajstić information content (AvgIpc) is 2.84. The van der Waals surface area contributed by atoms with Gasteiger partial charge in [-0.1, -0.05) is 0 Å². The van der Waals surface area contributed by atoms with Gasteiger partial charge in [0.15, 0.2) is 0 Å². The van der Waals surface area contributed by atoms with Crippen molar-refractivity contribution in [3.05, 3.63) is 29.6 Å². The van der Waals surface area contributed by atoms with Gasteiger partial charge in [0.1, 0.15) is 5.82 Å². The first-order chi connectivity index (χ1) is 10.7. The Morgan fingerprint density at radius 3 is 2.61 bits per heavy atom. The number of alkyl halides is 3. The van der Waals surface area contributed by atoms with E-state index in [1.165, 1.54) is 4.90 Å². The van der Waals surface area contributed by atoms with E-state index in [-0.39, 0.29) is 25.4 Å². The van der Waals surface area contributed by atoms with Gasteiger partial charge in [0.25, 0.3) is 0 Å². The molecule has 0 unspecified atom stereocenters. The molecule has 1 aromatic rings. The number of ether oxygens (including phenoxy) is 1. The monoisotopic (exact) mass is 336 g/mol. The molecule has 2 rings (SSSR count). The van der Waals surface area contributed by atoms with Crippen LogP contribution in [0.3, 0.4) is 0 Å². The Hall–Kier alpha value is -1.87. The lowest BCUT2D eigenvalue weighted by Crippen LogP contribution is -2.48. The van der Waals surface area contributed by atoms with Gasteiger partial charge in [-0.15, -0.1) is 0 Å². The van der Waals surface area contributed by atoms with Crippen molar-refractivity contribution in [2.45, 2.75) is 25.2 Å². The number of carbonyl (C=O) groups is 1. The Labute approximate surface area is 129 Å². The van der Waals surface area contributed by atoms with E-state index < -0.39 is 35.7 Å². The molecule has 1 aromatic carbocycles. The molecule has 128 valence electrons. The maximum Gasteiger partial charge on any atom is 0.419 e. The Morgan fingerprint density at radius 2 is 2.13 bits per heavy atom. The molecule has 0 radical (unpaired) electrons. The van der Waals surface area contributed by atoms with Crippen molar-refractivity contribution in [1.29, 1.82) is 0 Å². The molecular weight excluding hydrogens is 320 g/mol. The molecule has 2 N–H and O–H groups in total.